The third-order valence-electron chi connectivity index (χ3n) is 2.61. The largest absolute Gasteiger partial charge is 0.391 e. The maximum absolute atomic E-state index is 10.8. The topological polar surface area (TPSA) is 101 Å². The van der Waals surface area contributed by atoms with Gasteiger partial charge in [-0.25, -0.2) is 9.97 Å². The first-order chi connectivity index (χ1) is 8.09. The molecular weight excluding hydrogens is 248 g/mol. The Morgan fingerprint density at radius 1 is 1.65 bits per heavy atom. The van der Waals surface area contributed by atoms with Crippen LogP contribution in [-0.2, 0) is 0 Å². The minimum Gasteiger partial charge on any atom is -0.391 e. The van der Waals surface area contributed by atoms with Crippen LogP contribution in [-0.4, -0.2) is 32.6 Å². The van der Waals surface area contributed by atoms with Gasteiger partial charge in [-0.15, -0.1) is 0 Å². The summed E-state index contributed by atoms with van der Waals surface area (Å²) in [4.78, 5) is 17.4. The molecule has 92 valence electrons. The highest BCUT2D eigenvalue weighted by molar-refractivity contribution is 6.31. The Kier molecular flexibility index (Phi) is 3.39. The Bertz CT molecular complexity index is 438. The van der Waals surface area contributed by atoms with Crippen molar-refractivity contribution in [2.24, 2.45) is 5.92 Å². The van der Waals surface area contributed by atoms with Gasteiger partial charge in [-0.3, -0.25) is 10.1 Å². The zero-order valence-corrected chi connectivity index (χ0v) is 9.59. The number of hydrogen-bond donors (Lipinski definition) is 2. The van der Waals surface area contributed by atoms with E-state index >= 15 is 0 Å². The van der Waals surface area contributed by atoms with Gasteiger partial charge in [0, 0.05) is 6.54 Å². The monoisotopic (exact) mass is 258 g/mol. The van der Waals surface area contributed by atoms with Crippen molar-refractivity contribution in [1.29, 1.82) is 0 Å². The molecule has 2 rings (SSSR count). The highest BCUT2D eigenvalue weighted by Gasteiger charge is 2.30. The second kappa shape index (κ2) is 4.80. The van der Waals surface area contributed by atoms with E-state index in [4.69, 9.17) is 11.6 Å². The lowest BCUT2D eigenvalue weighted by Crippen LogP contribution is -2.22. The summed E-state index contributed by atoms with van der Waals surface area (Å²) in [5.41, 5.74) is -0.364. The maximum atomic E-state index is 10.8. The molecule has 1 aliphatic rings. The molecule has 0 aliphatic heterocycles. The lowest BCUT2D eigenvalue weighted by molar-refractivity contribution is -0.384. The summed E-state index contributed by atoms with van der Waals surface area (Å²) >= 11 is 5.62. The zero-order valence-electron chi connectivity index (χ0n) is 8.84. The summed E-state index contributed by atoms with van der Waals surface area (Å²) in [7, 11) is 0. The minimum atomic E-state index is -0.645. The van der Waals surface area contributed by atoms with Crippen LogP contribution < -0.4 is 5.32 Å². The van der Waals surface area contributed by atoms with Crippen LogP contribution >= 0.6 is 11.6 Å². The molecule has 1 fully saturated rings. The van der Waals surface area contributed by atoms with Crippen LogP contribution in [0, 0.1) is 16.0 Å². The fraction of sp³-hybridized carbons (Fsp3) is 0.556. The first kappa shape index (κ1) is 12.0. The van der Waals surface area contributed by atoms with Gasteiger partial charge in [0.05, 0.1) is 11.0 Å². The SMILES string of the molecule is O=[N+]([O-])c1c(Cl)ncnc1NCC(O)C1CC1. The van der Waals surface area contributed by atoms with Gasteiger partial charge in [-0.2, -0.15) is 0 Å². The van der Waals surface area contributed by atoms with Gasteiger partial charge in [-0.1, -0.05) is 11.6 Å². The number of nitrogens with zero attached hydrogens (tertiary/aromatic N) is 3. The van der Waals surface area contributed by atoms with Crippen LogP contribution in [0.4, 0.5) is 11.5 Å². The molecule has 0 bridgehead atoms. The molecular formula is C9H11ClN4O3. The summed E-state index contributed by atoms with van der Waals surface area (Å²) in [6.45, 7) is 0.221. The number of nitrogens with one attached hydrogen (secondary N) is 1. The molecule has 2 N–H and O–H groups in total. The lowest BCUT2D eigenvalue weighted by Gasteiger charge is -2.10. The average molecular weight is 259 g/mol. The van der Waals surface area contributed by atoms with E-state index in [9.17, 15) is 15.2 Å². The van der Waals surface area contributed by atoms with Crippen molar-refractivity contribution in [3.63, 3.8) is 0 Å². The number of rotatable bonds is 5. The van der Waals surface area contributed by atoms with Crippen LogP contribution in [0.25, 0.3) is 0 Å². The standard InChI is InChI=1S/C9H11ClN4O3/c10-8-7(14(16)17)9(13-4-12-8)11-3-6(15)5-1-2-5/h4-6,15H,1-3H2,(H,11,12,13). The molecule has 1 unspecified atom stereocenters. The van der Waals surface area contributed by atoms with E-state index < -0.39 is 11.0 Å². The van der Waals surface area contributed by atoms with Crippen molar-refractivity contribution in [3.05, 3.63) is 21.6 Å². The number of nitro groups is 1. The molecule has 0 amide bonds. The van der Waals surface area contributed by atoms with E-state index in [1.807, 2.05) is 0 Å². The molecule has 1 heterocycles. The first-order valence-corrected chi connectivity index (χ1v) is 5.54. The van der Waals surface area contributed by atoms with E-state index in [0.717, 1.165) is 19.2 Å². The smallest absolute Gasteiger partial charge is 0.348 e. The van der Waals surface area contributed by atoms with Crippen LogP contribution in [0.15, 0.2) is 6.33 Å². The average Bonchev–Trinajstić information content (AvgIpc) is 3.08. The van der Waals surface area contributed by atoms with E-state index in [1.165, 1.54) is 0 Å². The molecule has 1 atom stereocenters. The molecule has 1 saturated carbocycles. The molecule has 0 aromatic carbocycles. The van der Waals surface area contributed by atoms with Crippen molar-refractivity contribution in [2.75, 3.05) is 11.9 Å². The van der Waals surface area contributed by atoms with Gasteiger partial charge in [0.1, 0.15) is 6.33 Å². The number of anilines is 1. The Balaban J connectivity index is 2.08. The summed E-state index contributed by atoms with van der Waals surface area (Å²) in [5.74, 6) is 0.327. The third kappa shape index (κ3) is 2.80. The maximum Gasteiger partial charge on any atom is 0.348 e. The van der Waals surface area contributed by atoms with Crippen molar-refractivity contribution < 1.29 is 10.0 Å². The number of aliphatic hydroxyl groups is 1. The van der Waals surface area contributed by atoms with E-state index in [-0.39, 0.29) is 23.2 Å². The van der Waals surface area contributed by atoms with Crippen LogP contribution in [0.2, 0.25) is 5.15 Å². The number of aromatic nitrogens is 2. The minimum absolute atomic E-state index is 0.0368. The number of hydrogen-bond acceptors (Lipinski definition) is 6. The summed E-state index contributed by atoms with van der Waals surface area (Å²) in [6.07, 6.45) is 2.62. The molecule has 8 heteroatoms. The van der Waals surface area contributed by atoms with Crippen molar-refractivity contribution in [2.45, 2.75) is 18.9 Å². The van der Waals surface area contributed by atoms with E-state index in [1.54, 1.807) is 0 Å². The number of aliphatic hydroxyl groups excluding tert-OH is 1. The second-order valence-electron chi connectivity index (χ2n) is 3.90. The van der Waals surface area contributed by atoms with Crippen molar-refractivity contribution in [3.8, 4) is 0 Å². The number of halogens is 1. The first-order valence-electron chi connectivity index (χ1n) is 5.16. The van der Waals surface area contributed by atoms with Gasteiger partial charge in [0.25, 0.3) is 0 Å². The Labute approximate surface area is 102 Å². The van der Waals surface area contributed by atoms with Crippen molar-refractivity contribution in [1.82, 2.24) is 9.97 Å². The Morgan fingerprint density at radius 3 is 2.94 bits per heavy atom. The lowest BCUT2D eigenvalue weighted by atomic mass is 10.2. The normalized spacial score (nSPS) is 16.6. The fourth-order valence-electron chi connectivity index (χ4n) is 1.50. The van der Waals surface area contributed by atoms with Gasteiger partial charge >= 0.3 is 5.69 Å². The van der Waals surface area contributed by atoms with E-state index in [2.05, 4.69) is 15.3 Å². The highest BCUT2D eigenvalue weighted by atomic mass is 35.5. The molecule has 1 aliphatic carbocycles. The summed E-state index contributed by atoms with van der Waals surface area (Å²) in [6, 6.07) is 0. The van der Waals surface area contributed by atoms with Gasteiger partial charge in [0.2, 0.25) is 11.0 Å². The third-order valence-corrected chi connectivity index (χ3v) is 2.88. The second-order valence-corrected chi connectivity index (χ2v) is 4.26. The Hall–Kier alpha value is -1.47. The van der Waals surface area contributed by atoms with Gasteiger partial charge in [0.15, 0.2) is 0 Å². The molecule has 0 saturated heterocycles. The van der Waals surface area contributed by atoms with Gasteiger partial charge < -0.3 is 10.4 Å². The molecule has 7 nitrogen and oxygen atoms in total. The molecule has 1 aromatic rings. The molecule has 1 aromatic heterocycles. The predicted octanol–water partition coefficient (Wildman–Crippen LogP) is 1.22. The van der Waals surface area contributed by atoms with Crippen LogP contribution in [0.1, 0.15) is 12.8 Å². The Morgan fingerprint density at radius 2 is 2.35 bits per heavy atom. The fourth-order valence-corrected chi connectivity index (χ4v) is 1.70. The van der Waals surface area contributed by atoms with Crippen molar-refractivity contribution >= 4 is 23.1 Å². The summed E-state index contributed by atoms with van der Waals surface area (Å²) in [5, 5.41) is 22.9. The van der Waals surface area contributed by atoms with Gasteiger partial charge in [-0.05, 0) is 18.8 Å². The zero-order chi connectivity index (χ0) is 12.4. The molecule has 0 radical (unpaired) electrons. The van der Waals surface area contributed by atoms with Crippen LogP contribution in [0.5, 0.6) is 0 Å². The summed E-state index contributed by atoms with van der Waals surface area (Å²) < 4.78 is 0. The van der Waals surface area contributed by atoms with Crippen LogP contribution in [0.3, 0.4) is 0 Å². The quantitative estimate of drug-likeness (QED) is 0.468. The predicted molar refractivity (Wildman–Crippen MR) is 60.9 cm³/mol. The molecule has 17 heavy (non-hydrogen) atoms. The van der Waals surface area contributed by atoms with E-state index in [0.29, 0.717) is 5.92 Å². The molecule has 0 spiro atoms. The highest BCUT2D eigenvalue weighted by Crippen LogP contribution is 2.33.